The molecule has 1 aliphatic heterocycles. The van der Waals surface area contributed by atoms with Crippen LogP contribution in [0.2, 0.25) is 0 Å². The van der Waals surface area contributed by atoms with Crippen LogP contribution in [0.4, 0.5) is 18.3 Å². The molecule has 4 rings (SSSR count). The molecule has 0 spiro atoms. The van der Waals surface area contributed by atoms with Crippen molar-refractivity contribution in [3.8, 4) is 0 Å². The number of rotatable bonds is 3. The first-order chi connectivity index (χ1) is 11.8. The van der Waals surface area contributed by atoms with Crippen molar-refractivity contribution in [2.75, 3.05) is 11.9 Å². The third-order valence-corrected chi connectivity index (χ3v) is 5.66. The Bertz CT molecular complexity index is 775. The van der Waals surface area contributed by atoms with Crippen molar-refractivity contribution in [2.24, 2.45) is 23.7 Å². The van der Waals surface area contributed by atoms with Crippen LogP contribution in [-0.4, -0.2) is 39.4 Å². The van der Waals surface area contributed by atoms with E-state index in [1.54, 1.807) is 0 Å². The zero-order valence-corrected chi connectivity index (χ0v) is 13.3. The molecule has 3 aliphatic rings. The monoisotopic (exact) mass is 372 g/mol. The van der Waals surface area contributed by atoms with Crippen LogP contribution < -0.4 is 5.32 Å². The predicted octanol–water partition coefficient (Wildman–Crippen LogP) is 1.30. The summed E-state index contributed by atoms with van der Waals surface area (Å²) in [6.07, 6.45) is -0.00984. The van der Waals surface area contributed by atoms with Crippen LogP contribution in [0.5, 0.6) is 0 Å². The molecular weight excluding hydrogens is 361 g/mol. The minimum Gasteiger partial charge on any atom is -0.299 e. The summed E-state index contributed by atoms with van der Waals surface area (Å²) in [6, 6.07) is 0. The van der Waals surface area contributed by atoms with E-state index in [9.17, 15) is 27.6 Å². The molecule has 0 unspecified atom stereocenters. The van der Waals surface area contributed by atoms with Crippen LogP contribution in [-0.2, 0) is 20.6 Å². The number of likely N-dealkylation sites (tertiary alicyclic amines) is 1. The maximum absolute atomic E-state index is 12.5. The lowest BCUT2D eigenvalue weighted by molar-refractivity contribution is -0.143. The summed E-state index contributed by atoms with van der Waals surface area (Å²) in [5, 5.41) is 6.82. The van der Waals surface area contributed by atoms with Crippen molar-refractivity contribution >= 4 is 34.2 Å². The lowest BCUT2D eigenvalue weighted by Crippen LogP contribution is -2.39. The van der Waals surface area contributed by atoms with Crippen LogP contribution in [0.25, 0.3) is 0 Å². The number of carbonyl (C=O) groups excluding carboxylic acids is 3. The van der Waals surface area contributed by atoms with E-state index in [2.05, 4.69) is 15.5 Å². The van der Waals surface area contributed by atoms with E-state index in [0.29, 0.717) is 0 Å². The summed E-state index contributed by atoms with van der Waals surface area (Å²) in [4.78, 5) is 37.7. The highest BCUT2D eigenvalue weighted by molar-refractivity contribution is 7.15. The Kier molecular flexibility index (Phi) is 3.46. The largest absolute Gasteiger partial charge is 0.445 e. The second-order valence-corrected chi connectivity index (χ2v) is 7.20. The average Bonchev–Trinajstić information content (AvgIpc) is 3.27. The number of fused-ring (bicyclic) bond motifs is 5. The van der Waals surface area contributed by atoms with Crippen LogP contribution in [0.3, 0.4) is 0 Å². The first kappa shape index (κ1) is 16.2. The Hall–Kier alpha value is -2.30. The van der Waals surface area contributed by atoms with Crippen molar-refractivity contribution in [1.82, 2.24) is 15.1 Å². The number of hydrogen-bond acceptors (Lipinski definition) is 6. The van der Waals surface area contributed by atoms with Crippen LogP contribution in [0.1, 0.15) is 11.4 Å². The molecule has 1 aromatic rings. The van der Waals surface area contributed by atoms with Crippen molar-refractivity contribution in [1.29, 1.82) is 0 Å². The quantitative estimate of drug-likeness (QED) is 0.638. The highest BCUT2D eigenvalue weighted by Crippen LogP contribution is 2.52. The first-order valence-corrected chi connectivity index (χ1v) is 8.31. The number of amides is 3. The van der Waals surface area contributed by atoms with E-state index in [1.807, 2.05) is 12.2 Å². The average molecular weight is 372 g/mol. The summed E-state index contributed by atoms with van der Waals surface area (Å²) in [5.41, 5.74) is 0. The van der Waals surface area contributed by atoms with E-state index < -0.39 is 47.3 Å². The van der Waals surface area contributed by atoms with Gasteiger partial charge in [0.05, 0.1) is 11.8 Å². The number of carbonyl (C=O) groups is 3. The maximum Gasteiger partial charge on any atom is 0.445 e. The normalized spacial score (nSPS) is 30.3. The number of nitrogens with zero attached hydrogens (tertiary/aromatic N) is 3. The van der Waals surface area contributed by atoms with Gasteiger partial charge in [0.25, 0.3) is 0 Å². The summed E-state index contributed by atoms with van der Waals surface area (Å²) in [6.45, 7) is -0.537. The Morgan fingerprint density at radius 2 is 1.80 bits per heavy atom. The van der Waals surface area contributed by atoms with Gasteiger partial charge in [0.15, 0.2) is 0 Å². The van der Waals surface area contributed by atoms with Crippen molar-refractivity contribution in [3.05, 3.63) is 17.2 Å². The van der Waals surface area contributed by atoms with E-state index in [0.717, 1.165) is 11.3 Å². The lowest BCUT2D eigenvalue weighted by Gasteiger charge is -2.16. The van der Waals surface area contributed by atoms with Gasteiger partial charge in [-0.3, -0.25) is 24.6 Å². The summed E-state index contributed by atoms with van der Waals surface area (Å²) >= 11 is 0.178. The standard InChI is InChI=1S/C14H11F3N4O3S/c15-14(16,17)12-19-20-13(25-12)18-7(22)4-21-10(23)8-5-1-2-6(3-5)9(8)11(21)24/h1-2,5-6,8-9H,3-4H2,(H,18,20,22)/t5-,6-,8-,9+/m0/s1. The first-order valence-electron chi connectivity index (χ1n) is 7.50. The number of halogens is 3. The molecule has 2 aliphatic carbocycles. The van der Waals surface area contributed by atoms with Gasteiger partial charge in [-0.1, -0.05) is 23.5 Å². The van der Waals surface area contributed by atoms with E-state index >= 15 is 0 Å². The summed E-state index contributed by atoms with van der Waals surface area (Å²) in [5.74, 6) is -2.37. The molecule has 2 bridgehead atoms. The Morgan fingerprint density at radius 1 is 1.20 bits per heavy atom. The third kappa shape index (κ3) is 2.53. The highest BCUT2D eigenvalue weighted by atomic mass is 32.1. The molecule has 0 aromatic carbocycles. The third-order valence-electron chi connectivity index (χ3n) is 4.78. The topological polar surface area (TPSA) is 92.3 Å². The molecular formula is C14H11F3N4O3S. The fourth-order valence-corrected chi connectivity index (χ4v) is 4.44. The molecule has 1 N–H and O–H groups in total. The molecule has 1 aromatic heterocycles. The molecule has 2 heterocycles. The van der Waals surface area contributed by atoms with Crippen LogP contribution in [0.15, 0.2) is 12.2 Å². The molecule has 1 saturated carbocycles. The highest BCUT2D eigenvalue weighted by Gasteiger charge is 2.59. The van der Waals surface area contributed by atoms with Crippen LogP contribution >= 0.6 is 11.3 Å². The molecule has 1 saturated heterocycles. The smallest absolute Gasteiger partial charge is 0.299 e. The second kappa shape index (κ2) is 5.35. The number of allylic oxidation sites excluding steroid dienone is 2. The van der Waals surface area contributed by atoms with Gasteiger partial charge in [0.2, 0.25) is 27.9 Å². The van der Waals surface area contributed by atoms with Crippen LogP contribution in [0, 0.1) is 23.7 Å². The fourth-order valence-electron chi connectivity index (χ4n) is 3.81. The summed E-state index contributed by atoms with van der Waals surface area (Å²) < 4.78 is 37.4. The van der Waals surface area contributed by atoms with Gasteiger partial charge in [-0.25, -0.2) is 0 Å². The predicted molar refractivity (Wildman–Crippen MR) is 78.0 cm³/mol. The second-order valence-electron chi connectivity index (χ2n) is 6.22. The molecule has 7 nitrogen and oxygen atoms in total. The lowest BCUT2D eigenvalue weighted by atomic mass is 9.85. The minimum absolute atomic E-state index is 0.0250. The zero-order chi connectivity index (χ0) is 17.9. The van der Waals surface area contributed by atoms with Gasteiger partial charge in [-0.2, -0.15) is 13.2 Å². The van der Waals surface area contributed by atoms with E-state index in [4.69, 9.17) is 0 Å². The SMILES string of the molecule is O=C(CN1C(=O)[C@@H]2[C@H](C1=O)[C@H]1C=C[C@H]2C1)Nc1nnc(C(F)(F)F)s1. The molecule has 11 heteroatoms. The number of nitrogens with one attached hydrogen (secondary N) is 1. The number of imide groups is 1. The summed E-state index contributed by atoms with van der Waals surface area (Å²) in [7, 11) is 0. The molecule has 132 valence electrons. The molecule has 4 atom stereocenters. The number of aromatic nitrogens is 2. The van der Waals surface area contributed by atoms with Gasteiger partial charge < -0.3 is 0 Å². The van der Waals surface area contributed by atoms with Crippen molar-refractivity contribution < 1.29 is 27.6 Å². The van der Waals surface area contributed by atoms with E-state index in [-0.39, 0.29) is 28.3 Å². The number of anilines is 1. The molecule has 0 radical (unpaired) electrons. The van der Waals surface area contributed by atoms with Gasteiger partial charge >= 0.3 is 6.18 Å². The molecule has 3 amide bonds. The number of hydrogen-bond donors (Lipinski definition) is 1. The zero-order valence-electron chi connectivity index (χ0n) is 12.5. The maximum atomic E-state index is 12.5. The number of alkyl halides is 3. The van der Waals surface area contributed by atoms with Gasteiger partial charge in [-0.15, -0.1) is 10.2 Å². The van der Waals surface area contributed by atoms with Gasteiger partial charge in [-0.05, 0) is 18.3 Å². The van der Waals surface area contributed by atoms with Gasteiger partial charge in [0, 0.05) is 0 Å². The Balaban J connectivity index is 1.43. The Labute approximate surface area is 142 Å². The molecule has 2 fully saturated rings. The minimum atomic E-state index is -4.65. The molecule has 25 heavy (non-hydrogen) atoms. The van der Waals surface area contributed by atoms with Gasteiger partial charge in [0.1, 0.15) is 6.54 Å². The van der Waals surface area contributed by atoms with E-state index in [1.165, 1.54) is 0 Å². The fraction of sp³-hybridized carbons (Fsp3) is 0.500. The van der Waals surface area contributed by atoms with Crippen molar-refractivity contribution in [3.63, 3.8) is 0 Å². The Morgan fingerprint density at radius 3 is 2.32 bits per heavy atom. The van der Waals surface area contributed by atoms with Crippen molar-refractivity contribution in [2.45, 2.75) is 12.6 Å².